The van der Waals surface area contributed by atoms with Gasteiger partial charge in [-0.25, -0.2) is 13.6 Å². The Kier molecular flexibility index (Phi) is 7.42. The van der Waals surface area contributed by atoms with E-state index in [0.717, 1.165) is 19.3 Å². The van der Waals surface area contributed by atoms with Gasteiger partial charge >= 0.3 is 0 Å². The summed E-state index contributed by atoms with van der Waals surface area (Å²) in [5, 5.41) is 8.00. The van der Waals surface area contributed by atoms with Crippen LogP contribution < -0.4 is 20.9 Å². The molecule has 3 rings (SSSR count). The monoisotopic (exact) mass is 425 g/mol. The van der Waals surface area contributed by atoms with Crippen molar-refractivity contribution in [2.45, 2.75) is 24.2 Å². The van der Waals surface area contributed by atoms with Gasteiger partial charge in [0.15, 0.2) is 0 Å². The summed E-state index contributed by atoms with van der Waals surface area (Å²) in [5.74, 6) is 1.29. The number of nitrogens with one attached hydrogen (secondary N) is 1. The Morgan fingerprint density at radius 3 is 2.14 bits per heavy atom. The van der Waals surface area contributed by atoms with Gasteiger partial charge in [-0.15, -0.1) is 12.4 Å². The smallest absolute Gasteiger partial charge is 0.238 e. The zero-order chi connectivity index (χ0) is 19.4. The summed E-state index contributed by atoms with van der Waals surface area (Å²) in [7, 11) is -3.73. The van der Waals surface area contributed by atoms with E-state index in [2.05, 4.69) is 5.32 Å². The molecule has 1 amide bonds. The van der Waals surface area contributed by atoms with Gasteiger partial charge in [-0.3, -0.25) is 4.79 Å². The first-order valence-corrected chi connectivity index (χ1v) is 10.3. The largest absolute Gasteiger partial charge is 0.457 e. The Bertz CT molecular complexity index is 902. The summed E-state index contributed by atoms with van der Waals surface area (Å²) in [6.45, 7) is 0.537. The van der Waals surface area contributed by atoms with Crippen molar-refractivity contribution in [3.8, 4) is 11.5 Å². The molecule has 5 N–H and O–H groups in total. The standard InChI is InChI=1S/C19H23N3O4S.ClH/c20-12-13-2-1-3-18(13)19(23)22-14-4-6-15(7-5-14)26-16-8-10-17(11-9-16)27(21,24)25;/h4-11,13,18H,1-3,12,20H2,(H,22,23)(H2,21,24,25);1H/t13-,18-;/m1./s1. The molecule has 2 atom stereocenters. The number of benzene rings is 2. The number of nitrogens with two attached hydrogens (primary N) is 2. The summed E-state index contributed by atoms with van der Waals surface area (Å²) in [6.07, 6.45) is 2.92. The fourth-order valence-corrected chi connectivity index (χ4v) is 3.85. The van der Waals surface area contributed by atoms with Crippen LogP contribution >= 0.6 is 12.4 Å². The van der Waals surface area contributed by atoms with Crippen LogP contribution in [0.3, 0.4) is 0 Å². The lowest BCUT2D eigenvalue weighted by atomic mass is 9.95. The minimum atomic E-state index is -3.73. The maximum absolute atomic E-state index is 12.4. The molecule has 2 aromatic rings. The van der Waals surface area contributed by atoms with Crippen molar-refractivity contribution in [3.05, 3.63) is 48.5 Å². The number of carbonyl (C=O) groups is 1. The van der Waals surface area contributed by atoms with Gasteiger partial charge in [0.2, 0.25) is 15.9 Å². The van der Waals surface area contributed by atoms with Crippen molar-refractivity contribution < 1.29 is 17.9 Å². The molecule has 1 aliphatic carbocycles. The summed E-state index contributed by atoms with van der Waals surface area (Å²) in [5.41, 5.74) is 6.44. The zero-order valence-electron chi connectivity index (χ0n) is 15.2. The first-order valence-electron chi connectivity index (χ1n) is 8.78. The first kappa shape index (κ1) is 22.2. The lowest BCUT2D eigenvalue weighted by molar-refractivity contribution is -0.120. The molecule has 9 heteroatoms. The molecule has 0 bridgehead atoms. The van der Waals surface area contributed by atoms with Crippen LogP contribution in [-0.4, -0.2) is 20.9 Å². The second-order valence-corrected chi connectivity index (χ2v) is 8.23. The normalized spacial score (nSPS) is 18.9. The minimum absolute atomic E-state index is 0. The Balaban J connectivity index is 0.00000280. The number of carbonyl (C=O) groups excluding carboxylic acids is 1. The number of hydrogen-bond acceptors (Lipinski definition) is 5. The van der Waals surface area contributed by atoms with E-state index >= 15 is 0 Å². The van der Waals surface area contributed by atoms with Crippen LogP contribution in [0, 0.1) is 11.8 Å². The van der Waals surface area contributed by atoms with E-state index in [-0.39, 0.29) is 35.0 Å². The van der Waals surface area contributed by atoms with Crippen LogP contribution in [0.25, 0.3) is 0 Å². The first-order chi connectivity index (χ1) is 12.9. The van der Waals surface area contributed by atoms with Crippen LogP contribution in [0.5, 0.6) is 11.5 Å². The van der Waals surface area contributed by atoms with Gasteiger partial charge in [0.25, 0.3) is 0 Å². The van der Waals surface area contributed by atoms with Crippen LogP contribution in [-0.2, 0) is 14.8 Å². The molecule has 152 valence electrons. The molecule has 1 aliphatic rings. The SMILES string of the molecule is Cl.NC[C@H]1CCC[C@H]1C(=O)Nc1ccc(Oc2ccc(S(N)(=O)=O)cc2)cc1. The van der Waals surface area contributed by atoms with Gasteiger partial charge in [0.1, 0.15) is 11.5 Å². The number of ether oxygens (including phenoxy) is 1. The predicted octanol–water partition coefficient (Wildman–Crippen LogP) is 2.86. The van der Waals surface area contributed by atoms with Crippen molar-refractivity contribution in [1.82, 2.24) is 0 Å². The van der Waals surface area contributed by atoms with Gasteiger partial charge in [0.05, 0.1) is 4.90 Å². The van der Waals surface area contributed by atoms with E-state index in [4.69, 9.17) is 15.6 Å². The van der Waals surface area contributed by atoms with E-state index < -0.39 is 10.0 Å². The quantitative estimate of drug-likeness (QED) is 0.656. The van der Waals surface area contributed by atoms with E-state index in [0.29, 0.717) is 23.7 Å². The van der Waals surface area contributed by atoms with Crippen molar-refractivity contribution in [2.24, 2.45) is 22.7 Å². The Labute approximate surface area is 170 Å². The lowest BCUT2D eigenvalue weighted by Crippen LogP contribution is -2.29. The van der Waals surface area contributed by atoms with Crippen LogP contribution in [0.4, 0.5) is 5.69 Å². The topological polar surface area (TPSA) is 125 Å². The van der Waals surface area contributed by atoms with Crippen LogP contribution in [0.15, 0.2) is 53.4 Å². The molecule has 0 unspecified atom stereocenters. The van der Waals surface area contributed by atoms with Gasteiger partial charge in [-0.05, 0) is 73.8 Å². The highest BCUT2D eigenvalue weighted by Gasteiger charge is 2.31. The molecule has 0 aliphatic heterocycles. The van der Waals surface area contributed by atoms with Gasteiger partial charge in [0, 0.05) is 11.6 Å². The molecule has 1 fully saturated rings. The molecule has 28 heavy (non-hydrogen) atoms. The Morgan fingerprint density at radius 2 is 1.61 bits per heavy atom. The number of halogens is 1. The molecule has 0 heterocycles. The molecular weight excluding hydrogens is 402 g/mol. The number of hydrogen-bond donors (Lipinski definition) is 3. The molecular formula is C19H24ClN3O4S. The molecule has 7 nitrogen and oxygen atoms in total. The van der Waals surface area contributed by atoms with E-state index in [1.54, 1.807) is 24.3 Å². The molecule has 0 saturated heterocycles. The maximum atomic E-state index is 12.4. The fraction of sp³-hybridized carbons (Fsp3) is 0.316. The van der Waals surface area contributed by atoms with E-state index in [1.807, 2.05) is 0 Å². The third-order valence-electron chi connectivity index (χ3n) is 4.81. The Morgan fingerprint density at radius 1 is 1.04 bits per heavy atom. The highest BCUT2D eigenvalue weighted by molar-refractivity contribution is 7.89. The van der Waals surface area contributed by atoms with Crippen molar-refractivity contribution in [2.75, 3.05) is 11.9 Å². The lowest BCUT2D eigenvalue weighted by Gasteiger charge is -2.17. The fourth-order valence-electron chi connectivity index (χ4n) is 3.34. The summed E-state index contributed by atoms with van der Waals surface area (Å²) in [4.78, 5) is 12.4. The Hall–Kier alpha value is -2.13. The second-order valence-electron chi connectivity index (χ2n) is 6.67. The summed E-state index contributed by atoms with van der Waals surface area (Å²) in [6, 6.07) is 12.8. The molecule has 0 spiro atoms. The van der Waals surface area contributed by atoms with Crippen molar-refractivity contribution in [3.63, 3.8) is 0 Å². The number of anilines is 1. The van der Waals surface area contributed by atoms with E-state index in [9.17, 15) is 13.2 Å². The highest BCUT2D eigenvalue weighted by Crippen LogP contribution is 2.32. The van der Waals surface area contributed by atoms with E-state index in [1.165, 1.54) is 24.3 Å². The van der Waals surface area contributed by atoms with Gasteiger partial charge in [-0.1, -0.05) is 6.42 Å². The van der Waals surface area contributed by atoms with Crippen molar-refractivity contribution >= 4 is 34.0 Å². The van der Waals surface area contributed by atoms with Crippen LogP contribution in [0.2, 0.25) is 0 Å². The number of sulfonamides is 1. The predicted molar refractivity (Wildman–Crippen MR) is 110 cm³/mol. The zero-order valence-corrected chi connectivity index (χ0v) is 16.8. The van der Waals surface area contributed by atoms with Crippen molar-refractivity contribution in [1.29, 1.82) is 0 Å². The third kappa shape index (κ3) is 5.45. The molecule has 0 radical (unpaired) electrons. The molecule has 1 saturated carbocycles. The van der Waals surface area contributed by atoms with Crippen LogP contribution in [0.1, 0.15) is 19.3 Å². The molecule has 2 aromatic carbocycles. The summed E-state index contributed by atoms with van der Waals surface area (Å²) >= 11 is 0. The highest BCUT2D eigenvalue weighted by atomic mass is 35.5. The average Bonchev–Trinajstić information content (AvgIpc) is 3.12. The van der Waals surface area contributed by atoms with Gasteiger partial charge < -0.3 is 15.8 Å². The minimum Gasteiger partial charge on any atom is -0.457 e. The maximum Gasteiger partial charge on any atom is 0.238 e. The third-order valence-corrected chi connectivity index (χ3v) is 5.74. The average molecular weight is 426 g/mol. The number of rotatable bonds is 6. The molecule has 0 aromatic heterocycles. The number of primary sulfonamides is 1. The second kappa shape index (κ2) is 9.38. The summed E-state index contributed by atoms with van der Waals surface area (Å²) < 4.78 is 28.2. The number of amides is 1. The van der Waals surface area contributed by atoms with Gasteiger partial charge in [-0.2, -0.15) is 0 Å².